The number of non-ortho nitro benzene ring substituents is 1. The number of hydrogen-bond donors (Lipinski definition) is 0. The maximum absolute atomic E-state index is 12.0. The number of ketones is 1. The highest BCUT2D eigenvalue weighted by molar-refractivity contribution is 6.06. The predicted octanol–water partition coefficient (Wildman–Crippen LogP) is 3.81. The normalized spacial score (nSPS) is 10.6. The number of ether oxygens (including phenoxy) is 1. The fourth-order valence-electron chi connectivity index (χ4n) is 2.02. The van der Waals surface area contributed by atoms with Crippen LogP contribution >= 0.6 is 0 Å². The molecule has 0 unspecified atom stereocenters. The average Bonchev–Trinajstić information content (AvgIpc) is 2.52. The number of hydrogen-bond acceptors (Lipinski definition) is 4. The molecule has 5 nitrogen and oxygen atoms in total. The summed E-state index contributed by atoms with van der Waals surface area (Å²) in [5, 5.41) is 10.6. The number of rotatable bonds is 5. The van der Waals surface area contributed by atoms with E-state index in [4.69, 9.17) is 4.74 Å². The first-order chi connectivity index (χ1) is 10.5. The summed E-state index contributed by atoms with van der Waals surface area (Å²) in [5.74, 6) is 0.585. The molecule has 0 aliphatic rings. The monoisotopic (exact) mass is 297 g/mol. The van der Waals surface area contributed by atoms with Crippen molar-refractivity contribution in [3.63, 3.8) is 0 Å². The Labute approximate surface area is 128 Å². The molecule has 0 radical (unpaired) electrons. The number of methoxy groups -OCH3 is 1. The molecule has 0 fully saturated rings. The summed E-state index contributed by atoms with van der Waals surface area (Å²) in [7, 11) is 1.61. The number of benzene rings is 2. The lowest BCUT2D eigenvalue weighted by molar-refractivity contribution is -0.384. The van der Waals surface area contributed by atoms with E-state index in [1.165, 1.54) is 30.3 Å². The predicted molar refractivity (Wildman–Crippen MR) is 84.2 cm³/mol. The van der Waals surface area contributed by atoms with E-state index in [2.05, 4.69) is 0 Å². The van der Waals surface area contributed by atoms with Crippen LogP contribution in [0.25, 0.3) is 6.08 Å². The van der Waals surface area contributed by atoms with E-state index in [9.17, 15) is 14.9 Å². The lowest BCUT2D eigenvalue weighted by Gasteiger charge is -2.04. The van der Waals surface area contributed by atoms with E-state index in [-0.39, 0.29) is 11.5 Å². The molecule has 0 aliphatic heterocycles. The summed E-state index contributed by atoms with van der Waals surface area (Å²) >= 11 is 0. The standard InChI is InChI=1S/C17H15NO4/c1-12-11-13(4-10-17(12)22-2)3-9-16(19)14-5-7-15(8-6-14)18(20)21/h3-11H,1-2H3/b9-3+. The van der Waals surface area contributed by atoms with Gasteiger partial charge in [-0.25, -0.2) is 0 Å². The van der Waals surface area contributed by atoms with Gasteiger partial charge in [0.25, 0.3) is 5.69 Å². The third kappa shape index (κ3) is 3.58. The molecule has 112 valence electrons. The van der Waals surface area contributed by atoms with Crippen LogP contribution in [0.15, 0.2) is 48.5 Å². The van der Waals surface area contributed by atoms with E-state index in [1.807, 2.05) is 25.1 Å². The summed E-state index contributed by atoms with van der Waals surface area (Å²) in [5.41, 5.74) is 2.24. The largest absolute Gasteiger partial charge is 0.496 e. The van der Waals surface area contributed by atoms with Gasteiger partial charge in [0.1, 0.15) is 5.75 Å². The molecule has 0 amide bonds. The molecular formula is C17H15NO4. The van der Waals surface area contributed by atoms with Gasteiger partial charge in [0.2, 0.25) is 0 Å². The van der Waals surface area contributed by atoms with Crippen molar-refractivity contribution in [1.82, 2.24) is 0 Å². The SMILES string of the molecule is COc1ccc(/C=C/C(=O)c2ccc([N+](=O)[O-])cc2)cc1C. The van der Waals surface area contributed by atoms with E-state index < -0.39 is 4.92 Å². The topological polar surface area (TPSA) is 69.4 Å². The Kier molecular flexibility index (Phi) is 4.68. The van der Waals surface area contributed by atoms with Crippen LogP contribution < -0.4 is 4.74 Å². The first-order valence-electron chi connectivity index (χ1n) is 6.63. The molecule has 0 N–H and O–H groups in total. The van der Waals surface area contributed by atoms with Gasteiger partial charge in [0.15, 0.2) is 5.78 Å². The van der Waals surface area contributed by atoms with Gasteiger partial charge in [-0.3, -0.25) is 14.9 Å². The lowest BCUT2D eigenvalue weighted by Crippen LogP contribution is -1.95. The van der Waals surface area contributed by atoms with Crippen LogP contribution in [0.2, 0.25) is 0 Å². The number of nitro benzene ring substituents is 1. The molecule has 0 heterocycles. The number of aryl methyl sites for hydroxylation is 1. The van der Waals surface area contributed by atoms with Crippen molar-refractivity contribution in [2.24, 2.45) is 0 Å². The Balaban J connectivity index is 2.14. The molecule has 22 heavy (non-hydrogen) atoms. The van der Waals surface area contributed by atoms with Gasteiger partial charge >= 0.3 is 0 Å². The second-order valence-corrected chi connectivity index (χ2v) is 4.73. The van der Waals surface area contributed by atoms with Crippen LogP contribution in [0.1, 0.15) is 21.5 Å². The van der Waals surface area contributed by atoms with Crippen LogP contribution in [-0.2, 0) is 0 Å². The molecule has 0 aliphatic carbocycles. The van der Waals surface area contributed by atoms with Gasteiger partial charge in [-0.1, -0.05) is 12.1 Å². The van der Waals surface area contributed by atoms with Crippen LogP contribution in [-0.4, -0.2) is 17.8 Å². The van der Waals surface area contributed by atoms with E-state index in [1.54, 1.807) is 13.2 Å². The third-order valence-electron chi connectivity index (χ3n) is 3.21. The fourth-order valence-corrected chi connectivity index (χ4v) is 2.02. The van der Waals surface area contributed by atoms with Crippen molar-refractivity contribution >= 4 is 17.5 Å². The minimum Gasteiger partial charge on any atom is -0.496 e. The van der Waals surface area contributed by atoms with E-state index >= 15 is 0 Å². The Morgan fingerprint density at radius 1 is 1.18 bits per heavy atom. The number of allylic oxidation sites excluding steroid dienone is 1. The van der Waals surface area contributed by atoms with Crippen LogP contribution in [0, 0.1) is 17.0 Å². The molecule has 0 saturated heterocycles. The quantitative estimate of drug-likeness (QED) is 0.364. The van der Waals surface area contributed by atoms with Crippen LogP contribution in [0.3, 0.4) is 0 Å². The van der Waals surface area contributed by atoms with Crippen molar-refractivity contribution in [3.05, 3.63) is 75.3 Å². The Bertz CT molecular complexity index is 733. The number of carbonyl (C=O) groups is 1. The molecular weight excluding hydrogens is 282 g/mol. The second kappa shape index (κ2) is 6.67. The van der Waals surface area contributed by atoms with Crippen LogP contribution in [0.4, 0.5) is 5.69 Å². The minimum atomic E-state index is -0.496. The maximum atomic E-state index is 12.0. The van der Waals surface area contributed by atoms with Crippen molar-refractivity contribution in [3.8, 4) is 5.75 Å². The molecule has 2 aromatic rings. The molecule has 0 spiro atoms. The summed E-state index contributed by atoms with van der Waals surface area (Å²) in [6.07, 6.45) is 3.15. The van der Waals surface area contributed by atoms with Crippen LogP contribution in [0.5, 0.6) is 5.75 Å². The summed E-state index contributed by atoms with van der Waals surface area (Å²) in [4.78, 5) is 22.1. The van der Waals surface area contributed by atoms with Crippen molar-refractivity contribution in [2.45, 2.75) is 6.92 Å². The van der Waals surface area contributed by atoms with Gasteiger partial charge in [-0.05, 0) is 48.4 Å². The third-order valence-corrected chi connectivity index (χ3v) is 3.21. The molecule has 0 bridgehead atoms. The number of nitrogens with zero attached hydrogens (tertiary/aromatic N) is 1. The Hall–Kier alpha value is -2.95. The van der Waals surface area contributed by atoms with E-state index in [0.717, 1.165) is 16.9 Å². The number of carbonyl (C=O) groups excluding carboxylic acids is 1. The van der Waals surface area contributed by atoms with Crippen molar-refractivity contribution in [1.29, 1.82) is 0 Å². The zero-order valence-electron chi connectivity index (χ0n) is 12.3. The highest BCUT2D eigenvalue weighted by Gasteiger charge is 2.07. The zero-order valence-corrected chi connectivity index (χ0v) is 12.3. The first kappa shape index (κ1) is 15.4. The van der Waals surface area contributed by atoms with Gasteiger partial charge < -0.3 is 4.74 Å². The molecule has 0 saturated carbocycles. The molecule has 0 atom stereocenters. The first-order valence-corrected chi connectivity index (χ1v) is 6.63. The van der Waals surface area contributed by atoms with Crippen molar-refractivity contribution < 1.29 is 14.5 Å². The Morgan fingerprint density at radius 3 is 2.41 bits per heavy atom. The number of nitro groups is 1. The van der Waals surface area contributed by atoms with Gasteiger partial charge in [0, 0.05) is 17.7 Å². The highest BCUT2D eigenvalue weighted by Crippen LogP contribution is 2.19. The Morgan fingerprint density at radius 2 is 1.86 bits per heavy atom. The second-order valence-electron chi connectivity index (χ2n) is 4.73. The minimum absolute atomic E-state index is 0.0358. The van der Waals surface area contributed by atoms with Gasteiger partial charge in [-0.2, -0.15) is 0 Å². The summed E-state index contributed by atoms with van der Waals surface area (Å²) < 4.78 is 5.18. The van der Waals surface area contributed by atoms with E-state index in [0.29, 0.717) is 5.56 Å². The van der Waals surface area contributed by atoms with Gasteiger partial charge in [-0.15, -0.1) is 0 Å². The fraction of sp³-hybridized carbons (Fsp3) is 0.118. The molecule has 2 aromatic carbocycles. The average molecular weight is 297 g/mol. The summed E-state index contributed by atoms with van der Waals surface area (Å²) in [6, 6.07) is 11.1. The summed E-state index contributed by atoms with van der Waals surface area (Å²) in [6.45, 7) is 1.92. The molecule has 2 rings (SSSR count). The lowest BCUT2D eigenvalue weighted by atomic mass is 10.1. The molecule has 0 aromatic heterocycles. The highest BCUT2D eigenvalue weighted by atomic mass is 16.6. The smallest absolute Gasteiger partial charge is 0.269 e. The van der Waals surface area contributed by atoms with Gasteiger partial charge in [0.05, 0.1) is 12.0 Å². The maximum Gasteiger partial charge on any atom is 0.269 e. The molecule has 5 heteroatoms. The zero-order chi connectivity index (χ0) is 16.1. The van der Waals surface area contributed by atoms with Crippen molar-refractivity contribution in [2.75, 3.05) is 7.11 Å².